The van der Waals surface area contributed by atoms with Crippen molar-refractivity contribution in [3.05, 3.63) is 12.7 Å². The van der Waals surface area contributed by atoms with Crippen molar-refractivity contribution in [1.82, 2.24) is 0 Å². The second kappa shape index (κ2) is 7.54. The molecule has 3 heteroatoms. The fraction of sp³-hybridized carbons (Fsp3) is 0.727. The highest BCUT2D eigenvalue weighted by Crippen LogP contribution is 2.10. The maximum Gasteiger partial charge on any atom is 0.178 e. The van der Waals surface area contributed by atoms with Gasteiger partial charge in [0, 0.05) is 6.61 Å². The maximum absolute atomic E-state index is 8.82. The second-order valence-corrected chi connectivity index (χ2v) is 3.44. The van der Waals surface area contributed by atoms with Gasteiger partial charge in [0.05, 0.1) is 6.07 Å². The quantitative estimate of drug-likeness (QED) is 0.465. The first-order chi connectivity index (χ1) is 6.63. The monoisotopic (exact) mass is 197 g/mol. The first-order valence-corrected chi connectivity index (χ1v) is 4.93. The number of rotatable bonds is 7. The van der Waals surface area contributed by atoms with Gasteiger partial charge in [-0.25, -0.2) is 0 Å². The Bertz CT molecular complexity index is 196. The molecule has 2 unspecified atom stereocenters. The molecule has 0 N–H and O–H groups in total. The highest BCUT2D eigenvalue weighted by atomic mass is 16.7. The van der Waals surface area contributed by atoms with Crippen LogP contribution in [0.2, 0.25) is 0 Å². The van der Waals surface area contributed by atoms with E-state index in [1.54, 1.807) is 6.08 Å². The first-order valence-electron chi connectivity index (χ1n) is 4.93. The summed E-state index contributed by atoms with van der Waals surface area (Å²) in [5.74, 6) is 0.437. The average molecular weight is 197 g/mol. The minimum absolute atomic E-state index is 0.412. The third-order valence-corrected chi connectivity index (χ3v) is 1.65. The molecule has 80 valence electrons. The van der Waals surface area contributed by atoms with E-state index < -0.39 is 12.4 Å². The lowest BCUT2D eigenvalue weighted by Crippen LogP contribution is -2.23. The van der Waals surface area contributed by atoms with Crippen molar-refractivity contribution in [2.75, 3.05) is 6.61 Å². The van der Waals surface area contributed by atoms with Crippen molar-refractivity contribution in [2.24, 2.45) is 5.92 Å². The van der Waals surface area contributed by atoms with Crippen molar-refractivity contribution >= 4 is 0 Å². The van der Waals surface area contributed by atoms with E-state index in [4.69, 9.17) is 14.7 Å². The molecule has 3 nitrogen and oxygen atoms in total. The third-order valence-electron chi connectivity index (χ3n) is 1.65. The Hall–Kier alpha value is -0.850. The highest BCUT2D eigenvalue weighted by molar-refractivity contribution is 4.87. The van der Waals surface area contributed by atoms with Gasteiger partial charge in [-0.15, -0.1) is 0 Å². The van der Waals surface area contributed by atoms with E-state index in [-0.39, 0.29) is 0 Å². The molecule has 0 aromatic rings. The number of hydrogen-bond acceptors (Lipinski definition) is 3. The molecule has 0 rings (SSSR count). The molecule has 0 aliphatic carbocycles. The van der Waals surface area contributed by atoms with Crippen molar-refractivity contribution in [1.29, 1.82) is 5.26 Å². The van der Waals surface area contributed by atoms with Crippen LogP contribution in [0.15, 0.2) is 12.7 Å². The average Bonchev–Trinajstić information content (AvgIpc) is 2.15. The SMILES string of the molecule is C=CC(OCC)OC(C#N)CC(C)C. The Morgan fingerprint density at radius 3 is 2.50 bits per heavy atom. The van der Waals surface area contributed by atoms with Gasteiger partial charge in [-0.3, -0.25) is 0 Å². The molecule has 0 aliphatic heterocycles. The van der Waals surface area contributed by atoms with Crippen LogP contribution >= 0.6 is 0 Å². The van der Waals surface area contributed by atoms with Crippen LogP contribution in [0, 0.1) is 17.2 Å². The number of ether oxygens (including phenoxy) is 2. The fourth-order valence-electron chi connectivity index (χ4n) is 1.06. The summed E-state index contributed by atoms with van der Waals surface area (Å²) in [4.78, 5) is 0. The molecular weight excluding hydrogens is 178 g/mol. The van der Waals surface area contributed by atoms with Crippen molar-refractivity contribution in [3.63, 3.8) is 0 Å². The van der Waals surface area contributed by atoms with Crippen LogP contribution in [0.3, 0.4) is 0 Å². The van der Waals surface area contributed by atoms with Crippen LogP contribution in [-0.4, -0.2) is 19.0 Å². The minimum atomic E-state index is -0.469. The predicted molar refractivity (Wildman–Crippen MR) is 55.6 cm³/mol. The molecule has 0 aromatic carbocycles. The van der Waals surface area contributed by atoms with Crippen LogP contribution in [-0.2, 0) is 9.47 Å². The Morgan fingerprint density at radius 1 is 1.50 bits per heavy atom. The zero-order valence-corrected chi connectivity index (χ0v) is 9.19. The molecule has 0 heterocycles. The van der Waals surface area contributed by atoms with E-state index in [0.29, 0.717) is 18.9 Å². The fourth-order valence-corrected chi connectivity index (χ4v) is 1.06. The first kappa shape index (κ1) is 13.2. The molecule has 0 saturated carbocycles. The molecule has 0 radical (unpaired) electrons. The Morgan fingerprint density at radius 2 is 2.14 bits per heavy atom. The molecule has 0 fully saturated rings. The van der Waals surface area contributed by atoms with Gasteiger partial charge < -0.3 is 9.47 Å². The second-order valence-electron chi connectivity index (χ2n) is 3.44. The van der Waals surface area contributed by atoms with Crippen LogP contribution in [0.5, 0.6) is 0 Å². The molecule has 0 aliphatic rings. The van der Waals surface area contributed by atoms with E-state index in [1.807, 2.05) is 6.92 Å². The Kier molecular flexibility index (Phi) is 7.09. The van der Waals surface area contributed by atoms with E-state index in [9.17, 15) is 0 Å². The largest absolute Gasteiger partial charge is 0.349 e. The van der Waals surface area contributed by atoms with E-state index in [1.165, 1.54) is 0 Å². The van der Waals surface area contributed by atoms with Gasteiger partial charge in [0.15, 0.2) is 6.29 Å². The normalized spacial score (nSPS) is 14.8. The van der Waals surface area contributed by atoms with Gasteiger partial charge in [-0.1, -0.05) is 20.4 Å². The van der Waals surface area contributed by atoms with Crippen LogP contribution in [0.25, 0.3) is 0 Å². The summed E-state index contributed by atoms with van der Waals surface area (Å²) in [6, 6.07) is 2.11. The van der Waals surface area contributed by atoms with Gasteiger partial charge >= 0.3 is 0 Å². The molecule has 2 atom stereocenters. The number of nitriles is 1. The zero-order valence-electron chi connectivity index (χ0n) is 9.19. The molecule has 0 bridgehead atoms. The zero-order chi connectivity index (χ0) is 11.0. The van der Waals surface area contributed by atoms with Crippen molar-refractivity contribution < 1.29 is 9.47 Å². The van der Waals surface area contributed by atoms with Crippen LogP contribution < -0.4 is 0 Å². The van der Waals surface area contributed by atoms with E-state index in [0.717, 1.165) is 0 Å². The standard InChI is InChI=1S/C11H19NO2/c1-5-11(13-6-2)14-10(8-12)7-9(3)4/h5,9-11H,1,6-7H2,2-4H3. The number of nitrogens with zero attached hydrogens (tertiary/aromatic N) is 1. The van der Waals surface area contributed by atoms with Gasteiger partial charge in [-0.2, -0.15) is 5.26 Å². The van der Waals surface area contributed by atoms with E-state index >= 15 is 0 Å². The van der Waals surface area contributed by atoms with Gasteiger partial charge in [0.25, 0.3) is 0 Å². The Balaban J connectivity index is 4.01. The minimum Gasteiger partial charge on any atom is -0.349 e. The lowest BCUT2D eigenvalue weighted by atomic mass is 10.1. The Labute approximate surface area is 86.3 Å². The number of hydrogen-bond donors (Lipinski definition) is 0. The van der Waals surface area contributed by atoms with Gasteiger partial charge in [0.1, 0.15) is 6.10 Å². The van der Waals surface area contributed by atoms with Gasteiger partial charge in [-0.05, 0) is 25.3 Å². The molecule has 0 aromatic heterocycles. The van der Waals surface area contributed by atoms with Crippen LogP contribution in [0.4, 0.5) is 0 Å². The molecule has 14 heavy (non-hydrogen) atoms. The van der Waals surface area contributed by atoms with Crippen molar-refractivity contribution in [2.45, 2.75) is 39.6 Å². The summed E-state index contributed by atoms with van der Waals surface area (Å²) < 4.78 is 10.6. The lowest BCUT2D eigenvalue weighted by molar-refractivity contribution is -0.128. The summed E-state index contributed by atoms with van der Waals surface area (Å²) in [5.41, 5.74) is 0. The van der Waals surface area contributed by atoms with E-state index in [2.05, 4.69) is 26.5 Å². The molecule has 0 spiro atoms. The highest BCUT2D eigenvalue weighted by Gasteiger charge is 2.14. The summed E-state index contributed by atoms with van der Waals surface area (Å²) in [5, 5.41) is 8.82. The topological polar surface area (TPSA) is 42.2 Å². The summed E-state index contributed by atoms with van der Waals surface area (Å²) in [6.45, 7) is 10.1. The summed E-state index contributed by atoms with van der Waals surface area (Å²) >= 11 is 0. The van der Waals surface area contributed by atoms with Gasteiger partial charge in [0.2, 0.25) is 0 Å². The van der Waals surface area contributed by atoms with Crippen LogP contribution in [0.1, 0.15) is 27.2 Å². The lowest BCUT2D eigenvalue weighted by Gasteiger charge is -2.18. The predicted octanol–water partition coefficient (Wildman–Crippen LogP) is 2.49. The third kappa shape index (κ3) is 5.74. The summed E-state index contributed by atoms with van der Waals surface area (Å²) in [6.07, 6.45) is 1.40. The molecule has 0 saturated heterocycles. The van der Waals surface area contributed by atoms with Crippen molar-refractivity contribution in [3.8, 4) is 6.07 Å². The smallest absolute Gasteiger partial charge is 0.178 e. The molecule has 0 amide bonds. The summed E-state index contributed by atoms with van der Waals surface area (Å²) in [7, 11) is 0. The molecular formula is C11H19NO2. The maximum atomic E-state index is 8.82.